The Balaban J connectivity index is 1.96. The van der Waals surface area contributed by atoms with Crippen LogP contribution in [0, 0.1) is 5.92 Å². The van der Waals surface area contributed by atoms with Crippen LogP contribution in [0.3, 0.4) is 0 Å². The van der Waals surface area contributed by atoms with Gasteiger partial charge >= 0.3 is 0 Å². The predicted octanol–water partition coefficient (Wildman–Crippen LogP) is 1.87. The summed E-state index contributed by atoms with van der Waals surface area (Å²) < 4.78 is 0. The lowest BCUT2D eigenvalue weighted by molar-refractivity contribution is 0.0336. The lowest BCUT2D eigenvalue weighted by Gasteiger charge is -2.37. The number of aliphatic hydroxyl groups is 1. The molecular formula is C13H22N4O. The second-order valence-electron chi connectivity index (χ2n) is 4.84. The number of hydrogen-bond donors (Lipinski definition) is 3. The summed E-state index contributed by atoms with van der Waals surface area (Å²) in [6.45, 7) is 5.04. The van der Waals surface area contributed by atoms with Crippen molar-refractivity contribution in [1.82, 2.24) is 9.97 Å². The van der Waals surface area contributed by atoms with Crippen LogP contribution in [0.4, 0.5) is 11.8 Å². The number of rotatable bonds is 6. The summed E-state index contributed by atoms with van der Waals surface area (Å²) in [6.07, 6.45) is 4.44. The molecule has 5 nitrogen and oxygen atoms in total. The second kappa shape index (κ2) is 6.00. The quantitative estimate of drug-likeness (QED) is 0.719. The highest BCUT2D eigenvalue weighted by atomic mass is 16.3. The highest BCUT2D eigenvalue weighted by Gasteiger charge is 2.33. The fourth-order valence-electron chi connectivity index (χ4n) is 2.39. The molecule has 0 unspecified atom stereocenters. The van der Waals surface area contributed by atoms with Gasteiger partial charge in [-0.15, -0.1) is 0 Å². The molecule has 0 spiro atoms. The largest absolute Gasteiger partial charge is 0.393 e. The zero-order valence-corrected chi connectivity index (χ0v) is 11.1. The van der Waals surface area contributed by atoms with Gasteiger partial charge in [-0.05, 0) is 38.2 Å². The number of hydrogen-bond acceptors (Lipinski definition) is 5. The van der Waals surface area contributed by atoms with Crippen molar-refractivity contribution >= 4 is 11.8 Å². The maximum atomic E-state index is 9.37. The molecule has 1 fully saturated rings. The van der Waals surface area contributed by atoms with E-state index in [1.165, 1.54) is 0 Å². The minimum absolute atomic E-state index is 0.111. The van der Waals surface area contributed by atoms with Crippen LogP contribution in [0.1, 0.15) is 33.1 Å². The van der Waals surface area contributed by atoms with Crippen LogP contribution in [0.2, 0.25) is 0 Å². The number of nitrogens with one attached hydrogen (secondary N) is 2. The highest BCUT2D eigenvalue weighted by molar-refractivity contribution is 5.39. The summed E-state index contributed by atoms with van der Waals surface area (Å²) in [5, 5.41) is 15.9. The van der Waals surface area contributed by atoms with Crippen molar-refractivity contribution in [2.45, 2.75) is 45.3 Å². The molecule has 0 amide bonds. The van der Waals surface area contributed by atoms with Crippen LogP contribution in [-0.4, -0.2) is 33.8 Å². The van der Waals surface area contributed by atoms with Gasteiger partial charge in [-0.2, -0.15) is 4.98 Å². The van der Waals surface area contributed by atoms with E-state index in [0.717, 1.165) is 31.6 Å². The Hall–Kier alpha value is -1.36. The number of aromatic nitrogens is 2. The normalized spacial score (nSPS) is 24.2. The zero-order valence-electron chi connectivity index (χ0n) is 11.1. The number of nitrogens with zero attached hydrogens (tertiary/aromatic N) is 2. The SMILES string of the molecule is CCNc1ccnc(N[C@@H](CC)C2CC(O)C2)n1. The molecule has 18 heavy (non-hydrogen) atoms. The molecule has 2 rings (SSSR count). The van der Waals surface area contributed by atoms with Crippen LogP contribution < -0.4 is 10.6 Å². The van der Waals surface area contributed by atoms with Gasteiger partial charge in [-0.25, -0.2) is 4.98 Å². The standard InChI is InChI=1S/C13H22N4O/c1-3-11(9-7-10(18)8-9)16-13-15-6-5-12(17-13)14-4-2/h5-6,9-11,18H,3-4,7-8H2,1-2H3,(H2,14,15,16,17)/t9?,10?,11-/m0/s1. The maximum absolute atomic E-state index is 9.37. The molecule has 0 aliphatic heterocycles. The van der Waals surface area contributed by atoms with E-state index in [0.29, 0.717) is 17.9 Å². The summed E-state index contributed by atoms with van der Waals surface area (Å²) in [5.74, 6) is 2.05. The molecule has 1 aliphatic rings. The van der Waals surface area contributed by atoms with Crippen molar-refractivity contribution in [3.05, 3.63) is 12.3 Å². The highest BCUT2D eigenvalue weighted by Crippen LogP contribution is 2.32. The van der Waals surface area contributed by atoms with Gasteiger partial charge in [0.1, 0.15) is 5.82 Å². The van der Waals surface area contributed by atoms with Gasteiger partial charge in [0.25, 0.3) is 0 Å². The molecule has 1 atom stereocenters. The fourth-order valence-corrected chi connectivity index (χ4v) is 2.39. The topological polar surface area (TPSA) is 70.1 Å². The van der Waals surface area contributed by atoms with Crippen molar-refractivity contribution < 1.29 is 5.11 Å². The summed E-state index contributed by atoms with van der Waals surface area (Å²) in [4.78, 5) is 8.66. The van der Waals surface area contributed by atoms with E-state index in [4.69, 9.17) is 0 Å². The Labute approximate surface area is 108 Å². The van der Waals surface area contributed by atoms with Crippen LogP contribution in [0.25, 0.3) is 0 Å². The summed E-state index contributed by atoms with van der Waals surface area (Å²) >= 11 is 0. The summed E-state index contributed by atoms with van der Waals surface area (Å²) in [5.41, 5.74) is 0. The second-order valence-corrected chi connectivity index (χ2v) is 4.84. The van der Waals surface area contributed by atoms with Crippen molar-refractivity contribution in [2.24, 2.45) is 5.92 Å². The van der Waals surface area contributed by atoms with E-state index in [1.807, 2.05) is 13.0 Å². The average molecular weight is 250 g/mol. The molecule has 1 heterocycles. The van der Waals surface area contributed by atoms with Gasteiger partial charge < -0.3 is 15.7 Å². The Morgan fingerprint density at radius 3 is 2.83 bits per heavy atom. The summed E-state index contributed by atoms with van der Waals surface area (Å²) in [6, 6.07) is 2.22. The Kier molecular flexibility index (Phi) is 4.36. The van der Waals surface area contributed by atoms with Crippen LogP contribution in [-0.2, 0) is 0 Å². The molecule has 1 aliphatic carbocycles. The monoisotopic (exact) mass is 250 g/mol. The van der Waals surface area contributed by atoms with Crippen molar-refractivity contribution in [3.8, 4) is 0 Å². The molecule has 5 heteroatoms. The third kappa shape index (κ3) is 3.10. The lowest BCUT2D eigenvalue weighted by Crippen LogP contribution is -2.41. The van der Waals surface area contributed by atoms with Crippen LogP contribution >= 0.6 is 0 Å². The van der Waals surface area contributed by atoms with Gasteiger partial charge in [0.05, 0.1) is 6.10 Å². The lowest BCUT2D eigenvalue weighted by atomic mass is 9.76. The van der Waals surface area contributed by atoms with Crippen molar-refractivity contribution in [3.63, 3.8) is 0 Å². The number of aliphatic hydroxyl groups excluding tert-OH is 1. The smallest absolute Gasteiger partial charge is 0.224 e. The van der Waals surface area contributed by atoms with Gasteiger partial charge in [0.2, 0.25) is 5.95 Å². The molecular weight excluding hydrogens is 228 g/mol. The van der Waals surface area contributed by atoms with E-state index in [2.05, 4.69) is 27.5 Å². The molecule has 1 saturated carbocycles. The molecule has 0 saturated heterocycles. The van der Waals surface area contributed by atoms with Gasteiger partial charge in [-0.3, -0.25) is 0 Å². The first-order valence-corrected chi connectivity index (χ1v) is 6.74. The average Bonchev–Trinajstić information content (AvgIpc) is 2.33. The maximum Gasteiger partial charge on any atom is 0.224 e. The first kappa shape index (κ1) is 13.1. The zero-order chi connectivity index (χ0) is 13.0. The van der Waals surface area contributed by atoms with Crippen molar-refractivity contribution in [2.75, 3.05) is 17.2 Å². The Bertz CT molecular complexity index is 379. The first-order chi connectivity index (χ1) is 8.72. The first-order valence-electron chi connectivity index (χ1n) is 6.74. The molecule has 0 bridgehead atoms. The van der Waals surface area contributed by atoms with Gasteiger partial charge in [-0.1, -0.05) is 6.92 Å². The molecule has 3 N–H and O–H groups in total. The Morgan fingerprint density at radius 2 is 2.22 bits per heavy atom. The van der Waals surface area contributed by atoms with E-state index in [1.54, 1.807) is 6.20 Å². The molecule has 0 aromatic carbocycles. The number of anilines is 2. The summed E-state index contributed by atoms with van der Waals surface area (Å²) in [7, 11) is 0. The third-order valence-corrected chi connectivity index (χ3v) is 3.49. The molecule has 0 radical (unpaired) electrons. The van der Waals surface area contributed by atoms with E-state index in [-0.39, 0.29) is 6.10 Å². The molecule has 1 aromatic heterocycles. The predicted molar refractivity (Wildman–Crippen MR) is 72.6 cm³/mol. The van der Waals surface area contributed by atoms with Gasteiger partial charge in [0.15, 0.2) is 0 Å². The third-order valence-electron chi connectivity index (χ3n) is 3.49. The van der Waals surface area contributed by atoms with Crippen LogP contribution in [0.15, 0.2) is 12.3 Å². The Morgan fingerprint density at radius 1 is 1.44 bits per heavy atom. The minimum Gasteiger partial charge on any atom is -0.393 e. The van der Waals surface area contributed by atoms with Gasteiger partial charge in [0, 0.05) is 18.8 Å². The molecule has 1 aromatic rings. The fraction of sp³-hybridized carbons (Fsp3) is 0.692. The molecule has 100 valence electrons. The van der Waals surface area contributed by atoms with E-state index < -0.39 is 0 Å². The minimum atomic E-state index is -0.111. The van der Waals surface area contributed by atoms with E-state index >= 15 is 0 Å². The van der Waals surface area contributed by atoms with Crippen LogP contribution in [0.5, 0.6) is 0 Å². The van der Waals surface area contributed by atoms with E-state index in [9.17, 15) is 5.11 Å². The van der Waals surface area contributed by atoms with Crippen molar-refractivity contribution in [1.29, 1.82) is 0 Å².